The average Bonchev–Trinajstić information content (AvgIpc) is 2.94. The van der Waals surface area contributed by atoms with Gasteiger partial charge in [-0.1, -0.05) is 67.4 Å². The Morgan fingerprint density at radius 1 is 0.902 bits per heavy atom. The van der Waals surface area contributed by atoms with E-state index in [2.05, 4.69) is 29.7 Å². The van der Waals surface area contributed by atoms with Crippen LogP contribution in [-0.4, -0.2) is 43.4 Å². The summed E-state index contributed by atoms with van der Waals surface area (Å²) in [6.07, 6.45) is 0.817. The van der Waals surface area contributed by atoms with Crippen molar-refractivity contribution in [2.24, 2.45) is 11.0 Å². The van der Waals surface area contributed by atoms with Crippen molar-refractivity contribution in [2.45, 2.75) is 46.3 Å². The van der Waals surface area contributed by atoms with E-state index < -0.39 is 24.0 Å². The minimum Gasteiger partial charge on any atom is -0.490 e. The van der Waals surface area contributed by atoms with E-state index >= 15 is 0 Å². The molecule has 0 radical (unpaired) electrons. The molecule has 0 bridgehead atoms. The highest BCUT2D eigenvalue weighted by Gasteiger charge is 2.25. The summed E-state index contributed by atoms with van der Waals surface area (Å²) in [4.78, 5) is 26.2. The molecular weight excluding hydrogens is 565 g/mol. The van der Waals surface area contributed by atoms with E-state index in [0.717, 1.165) is 5.56 Å². The lowest BCUT2D eigenvalue weighted by Gasteiger charge is -2.21. The normalized spacial score (nSPS) is 12.6. The highest BCUT2D eigenvalue weighted by Crippen LogP contribution is 2.29. The highest BCUT2D eigenvalue weighted by molar-refractivity contribution is 6.35. The molecule has 10 heteroatoms. The van der Waals surface area contributed by atoms with Crippen molar-refractivity contribution >= 4 is 41.2 Å². The number of hydrazone groups is 1. The first-order chi connectivity index (χ1) is 19.7. The monoisotopic (exact) mass is 599 g/mol. The fourth-order valence-corrected chi connectivity index (χ4v) is 4.11. The van der Waals surface area contributed by atoms with Crippen LogP contribution in [0.15, 0.2) is 71.8 Å². The molecule has 0 unspecified atom stereocenters. The fourth-order valence-electron chi connectivity index (χ4n) is 3.66. The minimum atomic E-state index is -0.934. The molecule has 3 aromatic rings. The van der Waals surface area contributed by atoms with E-state index in [1.54, 1.807) is 25.1 Å². The highest BCUT2D eigenvalue weighted by atomic mass is 35.5. The number of rotatable bonds is 14. The van der Waals surface area contributed by atoms with Crippen LogP contribution in [-0.2, 0) is 16.0 Å². The number of benzene rings is 3. The summed E-state index contributed by atoms with van der Waals surface area (Å²) < 4.78 is 17.3. The Hall–Kier alpha value is -3.75. The van der Waals surface area contributed by atoms with Crippen LogP contribution in [0.2, 0.25) is 10.0 Å². The van der Waals surface area contributed by atoms with Crippen molar-refractivity contribution in [3.63, 3.8) is 0 Å². The van der Waals surface area contributed by atoms with Crippen molar-refractivity contribution in [1.82, 2.24) is 10.7 Å². The van der Waals surface area contributed by atoms with Gasteiger partial charge in [0.2, 0.25) is 0 Å². The maximum atomic E-state index is 13.2. The quantitative estimate of drug-likeness (QED) is 0.173. The van der Waals surface area contributed by atoms with Gasteiger partial charge in [-0.15, -0.1) is 0 Å². The van der Waals surface area contributed by atoms with Gasteiger partial charge in [0.1, 0.15) is 11.8 Å². The molecular formula is C31H35Cl2N3O5. The van der Waals surface area contributed by atoms with Gasteiger partial charge in [0.25, 0.3) is 11.8 Å². The molecule has 0 saturated carbocycles. The Balaban J connectivity index is 1.69. The summed E-state index contributed by atoms with van der Waals surface area (Å²) in [5.41, 5.74) is 4.10. The molecule has 0 aliphatic rings. The van der Waals surface area contributed by atoms with Crippen molar-refractivity contribution in [1.29, 1.82) is 0 Å². The predicted molar refractivity (Wildman–Crippen MR) is 162 cm³/mol. The first-order valence-electron chi connectivity index (χ1n) is 13.3. The van der Waals surface area contributed by atoms with E-state index in [9.17, 15) is 9.59 Å². The molecule has 2 atom stereocenters. The van der Waals surface area contributed by atoms with E-state index in [4.69, 9.17) is 37.4 Å². The maximum absolute atomic E-state index is 13.2. The molecule has 0 saturated heterocycles. The van der Waals surface area contributed by atoms with Crippen LogP contribution in [0, 0.1) is 5.92 Å². The number of carbonyl (C=O) groups excluding carboxylic acids is 2. The van der Waals surface area contributed by atoms with Crippen LogP contribution >= 0.6 is 23.2 Å². The van der Waals surface area contributed by atoms with Gasteiger partial charge in [0, 0.05) is 11.4 Å². The van der Waals surface area contributed by atoms with Gasteiger partial charge in [-0.3, -0.25) is 9.59 Å². The van der Waals surface area contributed by atoms with Gasteiger partial charge in [-0.25, -0.2) is 5.43 Å². The average molecular weight is 601 g/mol. The van der Waals surface area contributed by atoms with Crippen molar-refractivity contribution < 1.29 is 23.8 Å². The summed E-state index contributed by atoms with van der Waals surface area (Å²) in [7, 11) is 0. The zero-order chi connectivity index (χ0) is 29.8. The number of ether oxygens (including phenoxy) is 3. The summed E-state index contributed by atoms with van der Waals surface area (Å²) in [5, 5.41) is 7.60. The minimum absolute atomic E-state index is 0.249. The van der Waals surface area contributed by atoms with E-state index in [1.807, 2.05) is 49.4 Å². The molecule has 0 heterocycles. The summed E-state index contributed by atoms with van der Waals surface area (Å²) in [5.74, 6) is 0.928. The van der Waals surface area contributed by atoms with Gasteiger partial charge in [-0.2, -0.15) is 5.10 Å². The summed E-state index contributed by atoms with van der Waals surface area (Å²) >= 11 is 12.1. The van der Waals surface area contributed by atoms with E-state index in [1.165, 1.54) is 12.3 Å². The van der Waals surface area contributed by atoms with Crippen LogP contribution in [0.5, 0.6) is 17.2 Å². The molecule has 2 N–H and O–H groups in total. The topological polar surface area (TPSA) is 98.2 Å². The zero-order valence-electron chi connectivity index (χ0n) is 23.5. The molecule has 3 rings (SSSR count). The number of hydrogen-bond donors (Lipinski definition) is 2. The molecule has 41 heavy (non-hydrogen) atoms. The Bertz CT molecular complexity index is 1330. The number of carbonyl (C=O) groups is 2. The SMILES string of the molecule is CCOc1cc(/C=N\NC(=O)[C@@H](Cc2ccccc2)NC(=O)[C@H](C)Oc2ccc(Cl)cc2Cl)ccc1OCC(C)C. The van der Waals surface area contributed by atoms with Gasteiger partial charge in [0.05, 0.1) is 24.5 Å². The van der Waals surface area contributed by atoms with Crippen LogP contribution in [0.3, 0.4) is 0 Å². The molecule has 0 aliphatic carbocycles. The van der Waals surface area contributed by atoms with Crippen LogP contribution in [0.25, 0.3) is 0 Å². The zero-order valence-corrected chi connectivity index (χ0v) is 25.0. The van der Waals surface area contributed by atoms with Crippen molar-refractivity contribution in [3.05, 3.63) is 87.9 Å². The lowest BCUT2D eigenvalue weighted by Crippen LogP contribution is -2.50. The molecule has 0 aliphatic heterocycles. The second-order valence-electron chi connectivity index (χ2n) is 9.66. The van der Waals surface area contributed by atoms with Gasteiger partial charge >= 0.3 is 0 Å². The Morgan fingerprint density at radius 3 is 2.32 bits per heavy atom. The fraction of sp³-hybridized carbons (Fsp3) is 0.323. The van der Waals surface area contributed by atoms with Crippen molar-refractivity contribution in [2.75, 3.05) is 13.2 Å². The maximum Gasteiger partial charge on any atom is 0.262 e. The third-order valence-electron chi connectivity index (χ3n) is 5.71. The lowest BCUT2D eigenvalue weighted by atomic mass is 10.1. The summed E-state index contributed by atoms with van der Waals surface area (Å²) in [6.45, 7) is 8.64. The summed E-state index contributed by atoms with van der Waals surface area (Å²) in [6, 6.07) is 18.6. The lowest BCUT2D eigenvalue weighted by molar-refractivity contribution is -0.132. The Labute approximate surface area is 251 Å². The first-order valence-corrected chi connectivity index (χ1v) is 14.1. The Morgan fingerprint density at radius 2 is 1.63 bits per heavy atom. The number of nitrogens with zero attached hydrogens (tertiary/aromatic N) is 1. The third-order valence-corrected chi connectivity index (χ3v) is 6.24. The predicted octanol–water partition coefficient (Wildman–Crippen LogP) is 6.07. The molecule has 0 aromatic heterocycles. The molecule has 3 aromatic carbocycles. The Kier molecular flexibility index (Phi) is 12.3. The van der Waals surface area contributed by atoms with Crippen LogP contribution in [0.4, 0.5) is 0 Å². The molecule has 8 nitrogen and oxygen atoms in total. The third kappa shape index (κ3) is 10.3. The van der Waals surface area contributed by atoms with Gasteiger partial charge < -0.3 is 19.5 Å². The van der Waals surface area contributed by atoms with Crippen molar-refractivity contribution in [3.8, 4) is 17.2 Å². The molecule has 0 spiro atoms. The van der Waals surface area contributed by atoms with Gasteiger partial charge in [0.15, 0.2) is 17.6 Å². The molecule has 0 fully saturated rings. The standard InChI is InChI=1S/C31H35Cl2N3O5/c1-5-39-29-16-23(11-13-28(29)40-19-20(2)3)18-34-36-31(38)26(15-22-9-7-6-8-10-22)35-30(37)21(4)41-27-14-12-24(32)17-25(27)33/h6-14,16-18,20-21,26H,5,15,19H2,1-4H3,(H,35,37)(H,36,38)/b34-18-/t21-,26+/m0/s1. The van der Waals surface area contributed by atoms with Gasteiger partial charge in [-0.05, 0) is 67.3 Å². The second-order valence-corrected chi connectivity index (χ2v) is 10.5. The number of halogens is 2. The van der Waals surface area contributed by atoms with E-state index in [-0.39, 0.29) is 11.4 Å². The molecule has 2 amide bonds. The van der Waals surface area contributed by atoms with Crippen LogP contribution < -0.4 is 25.0 Å². The second kappa shape index (κ2) is 15.9. The first kappa shape index (κ1) is 31.8. The molecule has 218 valence electrons. The number of hydrogen-bond acceptors (Lipinski definition) is 6. The largest absolute Gasteiger partial charge is 0.490 e. The number of nitrogens with one attached hydrogen (secondary N) is 2. The van der Waals surface area contributed by atoms with Crippen LogP contribution in [0.1, 0.15) is 38.8 Å². The van der Waals surface area contributed by atoms with E-state index in [0.29, 0.717) is 47.0 Å². The smallest absolute Gasteiger partial charge is 0.262 e. The number of amides is 2.